The summed E-state index contributed by atoms with van der Waals surface area (Å²) in [6.07, 6.45) is 0. The minimum absolute atomic E-state index is 0.0237. The highest BCUT2D eigenvalue weighted by molar-refractivity contribution is 7.89. The van der Waals surface area contributed by atoms with Crippen LogP contribution in [0, 0.1) is 18.6 Å². The molecule has 84 valence electrons. The largest absolute Gasteiger partial charge is 0.321 e. The monoisotopic (exact) mass is 237 g/mol. The lowest BCUT2D eigenvalue weighted by Crippen LogP contribution is -2.18. The summed E-state index contributed by atoms with van der Waals surface area (Å²) >= 11 is 0. The Kier molecular flexibility index (Phi) is 2.93. The first kappa shape index (κ1) is 11.8. The Morgan fingerprint density at radius 2 is 1.87 bits per heavy atom. The lowest BCUT2D eigenvalue weighted by Gasteiger charge is -2.09. The number of nitrogen functional groups attached to an aromatic ring is 1. The fraction of sp³-hybridized carbons (Fsp3) is 0.143. The smallest absolute Gasteiger partial charge is 0.241 e. The topological polar surface area (TPSA) is 98.2 Å². The normalized spacial score (nSPS) is 11.5. The maximum absolute atomic E-state index is 13.3. The molecule has 15 heavy (non-hydrogen) atoms. The number of nitrogens with two attached hydrogens (primary N) is 2. The summed E-state index contributed by atoms with van der Waals surface area (Å²) in [5.41, 5.74) is 1.55. The summed E-state index contributed by atoms with van der Waals surface area (Å²) in [4.78, 5) is -0.862. The number of rotatable bonds is 2. The average Bonchev–Trinajstić information content (AvgIpc) is 2.09. The van der Waals surface area contributed by atoms with Gasteiger partial charge in [-0.05, 0) is 18.6 Å². The van der Waals surface area contributed by atoms with Crippen molar-refractivity contribution in [3.63, 3.8) is 0 Å². The maximum atomic E-state index is 13.3. The number of primary sulfonamides is 1. The van der Waals surface area contributed by atoms with Crippen molar-refractivity contribution in [3.8, 4) is 0 Å². The van der Waals surface area contributed by atoms with Crippen molar-refractivity contribution in [2.45, 2.75) is 11.8 Å². The van der Waals surface area contributed by atoms with Crippen LogP contribution in [0.1, 0.15) is 5.56 Å². The van der Waals surface area contributed by atoms with Gasteiger partial charge in [-0.3, -0.25) is 5.84 Å². The first-order valence-electron chi connectivity index (χ1n) is 3.77. The highest BCUT2D eigenvalue weighted by Gasteiger charge is 2.23. The van der Waals surface area contributed by atoms with Crippen LogP contribution in [0.2, 0.25) is 0 Å². The van der Waals surface area contributed by atoms with E-state index in [0.717, 1.165) is 6.07 Å². The van der Waals surface area contributed by atoms with Gasteiger partial charge in [-0.25, -0.2) is 22.3 Å². The number of sulfonamides is 1. The Hall–Kier alpha value is -1.25. The molecule has 0 aliphatic heterocycles. The minimum Gasteiger partial charge on any atom is -0.321 e. The van der Waals surface area contributed by atoms with Crippen LogP contribution < -0.4 is 16.4 Å². The van der Waals surface area contributed by atoms with Gasteiger partial charge in [0.2, 0.25) is 10.0 Å². The number of hydrogen-bond acceptors (Lipinski definition) is 4. The molecule has 0 spiro atoms. The molecule has 0 heterocycles. The van der Waals surface area contributed by atoms with Gasteiger partial charge in [0, 0.05) is 0 Å². The van der Waals surface area contributed by atoms with Gasteiger partial charge < -0.3 is 5.43 Å². The molecular formula is C7H9F2N3O2S. The molecule has 0 fully saturated rings. The molecule has 8 heteroatoms. The first-order valence-corrected chi connectivity index (χ1v) is 5.31. The summed E-state index contributed by atoms with van der Waals surface area (Å²) in [5, 5.41) is 4.73. The molecule has 0 radical (unpaired) electrons. The predicted molar refractivity (Wildman–Crippen MR) is 50.3 cm³/mol. The fourth-order valence-electron chi connectivity index (χ4n) is 1.19. The Morgan fingerprint density at radius 3 is 2.27 bits per heavy atom. The number of hydrogen-bond donors (Lipinski definition) is 3. The molecule has 1 aromatic carbocycles. The Bertz CT molecular complexity index is 501. The fourth-order valence-corrected chi connectivity index (χ4v) is 2.04. The highest BCUT2D eigenvalue weighted by atomic mass is 32.2. The summed E-state index contributed by atoms with van der Waals surface area (Å²) in [5.74, 6) is 1.99. The van der Waals surface area contributed by atoms with E-state index >= 15 is 0 Å². The Morgan fingerprint density at radius 1 is 1.33 bits per heavy atom. The quantitative estimate of drug-likeness (QED) is 0.505. The van der Waals surface area contributed by atoms with Crippen molar-refractivity contribution >= 4 is 15.7 Å². The minimum atomic E-state index is -4.30. The van der Waals surface area contributed by atoms with Gasteiger partial charge in [-0.2, -0.15) is 0 Å². The maximum Gasteiger partial charge on any atom is 0.241 e. The lowest BCUT2D eigenvalue weighted by atomic mass is 10.2. The molecule has 1 rings (SSSR count). The van der Waals surface area contributed by atoms with Crippen molar-refractivity contribution in [2.75, 3.05) is 5.43 Å². The number of benzene rings is 1. The van der Waals surface area contributed by atoms with Gasteiger partial charge >= 0.3 is 0 Å². The first-order chi connectivity index (χ1) is 6.79. The highest BCUT2D eigenvalue weighted by Crippen LogP contribution is 2.26. The van der Waals surface area contributed by atoms with Crippen LogP contribution in [0.4, 0.5) is 14.5 Å². The molecule has 5 N–H and O–H groups in total. The van der Waals surface area contributed by atoms with E-state index in [0.29, 0.717) is 0 Å². The van der Waals surface area contributed by atoms with Crippen LogP contribution in [0.15, 0.2) is 11.0 Å². The molecule has 0 bridgehead atoms. The van der Waals surface area contributed by atoms with E-state index in [1.807, 2.05) is 5.43 Å². The number of nitrogens with one attached hydrogen (secondary N) is 1. The van der Waals surface area contributed by atoms with Crippen molar-refractivity contribution in [3.05, 3.63) is 23.3 Å². The van der Waals surface area contributed by atoms with Crippen molar-refractivity contribution < 1.29 is 17.2 Å². The zero-order chi connectivity index (χ0) is 11.8. The third kappa shape index (κ3) is 2.06. The number of aryl methyl sites for hydroxylation is 1. The third-order valence-electron chi connectivity index (χ3n) is 1.79. The second-order valence-corrected chi connectivity index (χ2v) is 4.39. The molecule has 0 atom stereocenters. The molecule has 0 amide bonds. The van der Waals surface area contributed by atoms with Gasteiger partial charge in [0.1, 0.15) is 4.90 Å². The zero-order valence-corrected chi connectivity index (χ0v) is 8.53. The van der Waals surface area contributed by atoms with Crippen molar-refractivity contribution in [1.82, 2.24) is 0 Å². The number of hydrazine groups is 1. The summed E-state index contributed by atoms with van der Waals surface area (Å²) in [6, 6.07) is 1.05. The lowest BCUT2D eigenvalue weighted by molar-refractivity contribution is 0.485. The van der Waals surface area contributed by atoms with Gasteiger partial charge in [0.25, 0.3) is 0 Å². The van der Waals surface area contributed by atoms with Crippen LogP contribution in [0.5, 0.6) is 0 Å². The van der Waals surface area contributed by atoms with E-state index in [4.69, 9.17) is 11.0 Å². The predicted octanol–water partition coefficient (Wildman–Crippen LogP) is 0.206. The molecule has 0 unspecified atom stereocenters. The third-order valence-corrected chi connectivity index (χ3v) is 2.86. The Labute approximate surface area is 85.1 Å². The molecule has 0 saturated heterocycles. The molecule has 0 aromatic heterocycles. The molecule has 0 aliphatic rings. The summed E-state index contributed by atoms with van der Waals surface area (Å²) in [7, 11) is -4.30. The van der Waals surface area contributed by atoms with Gasteiger partial charge in [0.15, 0.2) is 11.6 Å². The average molecular weight is 237 g/mol. The van der Waals surface area contributed by atoms with E-state index in [1.165, 1.54) is 6.92 Å². The SMILES string of the molecule is Cc1cc(NN)c(F)c(F)c1S(N)(=O)=O. The molecule has 0 saturated carbocycles. The van der Waals surface area contributed by atoms with E-state index < -0.39 is 26.6 Å². The molecule has 5 nitrogen and oxygen atoms in total. The van der Waals surface area contributed by atoms with Crippen LogP contribution in [0.3, 0.4) is 0 Å². The van der Waals surface area contributed by atoms with Crippen LogP contribution in [-0.4, -0.2) is 8.42 Å². The van der Waals surface area contributed by atoms with Crippen molar-refractivity contribution in [2.24, 2.45) is 11.0 Å². The molecule has 1 aromatic rings. The van der Waals surface area contributed by atoms with Crippen LogP contribution in [0.25, 0.3) is 0 Å². The molecular weight excluding hydrogens is 228 g/mol. The number of anilines is 1. The van der Waals surface area contributed by atoms with E-state index in [9.17, 15) is 17.2 Å². The second-order valence-electron chi connectivity index (χ2n) is 2.89. The second kappa shape index (κ2) is 3.72. The van der Waals surface area contributed by atoms with Crippen molar-refractivity contribution in [1.29, 1.82) is 0 Å². The number of halogens is 2. The van der Waals surface area contributed by atoms with Crippen LogP contribution >= 0.6 is 0 Å². The van der Waals surface area contributed by atoms with Gasteiger partial charge in [-0.1, -0.05) is 0 Å². The molecule has 0 aliphatic carbocycles. The van der Waals surface area contributed by atoms with E-state index in [2.05, 4.69) is 0 Å². The summed E-state index contributed by atoms with van der Waals surface area (Å²) in [6.45, 7) is 1.28. The Balaban J connectivity index is 3.65. The summed E-state index contributed by atoms with van der Waals surface area (Å²) < 4.78 is 48.3. The van der Waals surface area contributed by atoms with Gasteiger partial charge in [-0.15, -0.1) is 0 Å². The zero-order valence-electron chi connectivity index (χ0n) is 7.71. The van der Waals surface area contributed by atoms with E-state index in [-0.39, 0.29) is 11.3 Å². The standard InChI is InChI=1S/C7H9F2N3O2S/c1-3-2-4(12-10)5(8)6(9)7(3)15(11,13)14/h2,12H,10H2,1H3,(H2,11,13,14). The van der Waals surface area contributed by atoms with Gasteiger partial charge in [0.05, 0.1) is 5.69 Å². The van der Waals surface area contributed by atoms with Crippen LogP contribution in [-0.2, 0) is 10.0 Å². The van der Waals surface area contributed by atoms with E-state index in [1.54, 1.807) is 0 Å².